The molecule has 0 aromatic heterocycles. The largest absolute Gasteiger partial charge is 0.467 e. The van der Waals surface area contributed by atoms with Crippen molar-refractivity contribution in [2.45, 2.75) is 31.0 Å². The summed E-state index contributed by atoms with van der Waals surface area (Å²) in [7, 11) is 3.95. The van der Waals surface area contributed by atoms with Gasteiger partial charge in [0.15, 0.2) is 6.29 Å². The maximum atomic E-state index is 11.5. The zero-order valence-corrected chi connectivity index (χ0v) is 9.27. The van der Waals surface area contributed by atoms with Crippen molar-refractivity contribution in [2.75, 3.05) is 21.3 Å². The van der Waals surface area contributed by atoms with Gasteiger partial charge in [-0.15, -0.1) is 0 Å². The Morgan fingerprint density at radius 1 is 1.47 bits per heavy atom. The van der Waals surface area contributed by atoms with Gasteiger partial charge in [0.1, 0.15) is 0 Å². The molecule has 0 aliphatic carbocycles. The first-order chi connectivity index (χ1) is 6.93. The smallest absolute Gasteiger partial charge is 0.343 e. The summed E-state index contributed by atoms with van der Waals surface area (Å²) in [6.07, 6.45) is -0.723. The number of carbonyl (C=O) groups is 1. The van der Waals surface area contributed by atoms with Gasteiger partial charge in [-0.3, -0.25) is 0 Å². The second-order valence-corrected chi connectivity index (χ2v) is 3.49. The molecule has 88 valence electrons. The number of rotatable bonds is 3. The maximum absolute atomic E-state index is 11.5. The van der Waals surface area contributed by atoms with Crippen LogP contribution in [-0.4, -0.2) is 50.1 Å². The van der Waals surface area contributed by atoms with Gasteiger partial charge in [0.2, 0.25) is 11.4 Å². The van der Waals surface area contributed by atoms with E-state index in [1.54, 1.807) is 0 Å². The summed E-state index contributed by atoms with van der Waals surface area (Å²) in [6, 6.07) is 0. The first-order valence-corrected chi connectivity index (χ1v) is 4.50. The molecule has 2 unspecified atom stereocenters. The Bertz CT molecular complexity index is 255. The number of esters is 1. The molecule has 1 aliphatic heterocycles. The molecular weight excluding hydrogens is 204 g/mol. The molecule has 0 radical (unpaired) electrons. The fourth-order valence-corrected chi connectivity index (χ4v) is 1.60. The Kier molecular flexibility index (Phi) is 3.34. The predicted octanol–water partition coefficient (Wildman–Crippen LogP) is -0.354. The van der Waals surface area contributed by atoms with E-state index in [0.29, 0.717) is 0 Å². The van der Waals surface area contributed by atoms with E-state index in [0.717, 1.165) is 0 Å². The summed E-state index contributed by atoms with van der Waals surface area (Å²) in [5.41, 5.74) is -1.85. The highest BCUT2D eigenvalue weighted by Crippen LogP contribution is 2.41. The molecule has 0 bridgehead atoms. The van der Waals surface area contributed by atoms with Crippen molar-refractivity contribution in [3.8, 4) is 0 Å². The molecule has 0 amide bonds. The molecule has 1 fully saturated rings. The van der Waals surface area contributed by atoms with Crippen LogP contribution in [0.2, 0.25) is 0 Å². The molecule has 6 nitrogen and oxygen atoms in total. The molecule has 1 N–H and O–H groups in total. The Labute approximate surface area is 88.1 Å². The van der Waals surface area contributed by atoms with Crippen molar-refractivity contribution in [3.05, 3.63) is 0 Å². The van der Waals surface area contributed by atoms with Gasteiger partial charge in [-0.2, -0.15) is 0 Å². The van der Waals surface area contributed by atoms with E-state index in [-0.39, 0.29) is 6.42 Å². The number of aliphatic hydroxyl groups is 1. The first-order valence-electron chi connectivity index (χ1n) is 4.50. The van der Waals surface area contributed by atoms with E-state index < -0.39 is 23.6 Å². The van der Waals surface area contributed by atoms with E-state index >= 15 is 0 Å². The highest BCUT2D eigenvalue weighted by Gasteiger charge is 2.63. The molecule has 3 atom stereocenters. The summed E-state index contributed by atoms with van der Waals surface area (Å²) in [5.74, 6) is -2.26. The topological polar surface area (TPSA) is 74.2 Å². The molecule has 1 aliphatic rings. The highest BCUT2D eigenvalue weighted by molar-refractivity contribution is 5.81. The molecule has 1 saturated heterocycles. The second kappa shape index (κ2) is 4.05. The van der Waals surface area contributed by atoms with Crippen LogP contribution in [0.15, 0.2) is 0 Å². The van der Waals surface area contributed by atoms with E-state index in [1.165, 1.54) is 28.3 Å². The summed E-state index contributed by atoms with van der Waals surface area (Å²) < 4.78 is 19.8. The minimum atomic E-state index is -1.85. The van der Waals surface area contributed by atoms with Gasteiger partial charge in [-0.05, 0) is 6.92 Å². The minimum absolute atomic E-state index is 0.0273. The van der Waals surface area contributed by atoms with Gasteiger partial charge >= 0.3 is 5.97 Å². The number of carbonyl (C=O) groups excluding carboxylic acids is 1. The van der Waals surface area contributed by atoms with Gasteiger partial charge in [0.05, 0.1) is 7.11 Å². The highest BCUT2D eigenvalue weighted by atomic mass is 16.8. The number of hydrogen-bond acceptors (Lipinski definition) is 6. The van der Waals surface area contributed by atoms with E-state index in [2.05, 4.69) is 4.74 Å². The van der Waals surface area contributed by atoms with Crippen LogP contribution in [-0.2, 0) is 23.7 Å². The van der Waals surface area contributed by atoms with Crippen molar-refractivity contribution >= 4 is 5.97 Å². The summed E-state index contributed by atoms with van der Waals surface area (Å²) in [5, 5.41) is 10.2. The van der Waals surface area contributed by atoms with Crippen LogP contribution in [0.4, 0.5) is 0 Å². The van der Waals surface area contributed by atoms with Crippen LogP contribution in [0.1, 0.15) is 13.3 Å². The van der Waals surface area contributed by atoms with Gasteiger partial charge in [0.25, 0.3) is 0 Å². The average Bonchev–Trinajstić information content (AvgIpc) is 2.52. The Morgan fingerprint density at radius 2 is 2.07 bits per heavy atom. The van der Waals surface area contributed by atoms with Crippen molar-refractivity contribution in [2.24, 2.45) is 0 Å². The van der Waals surface area contributed by atoms with E-state index in [9.17, 15) is 9.90 Å². The van der Waals surface area contributed by atoms with Gasteiger partial charge in [0, 0.05) is 20.6 Å². The SMILES string of the molecule is COC(=O)[C@@]1(O)CC(OC)OC1(C)OC. The molecular formula is C9H16O6. The van der Waals surface area contributed by atoms with E-state index in [1.807, 2.05) is 0 Å². The van der Waals surface area contributed by atoms with Crippen LogP contribution in [0.3, 0.4) is 0 Å². The Balaban J connectivity index is 2.99. The van der Waals surface area contributed by atoms with Crippen molar-refractivity contribution < 1.29 is 28.8 Å². The van der Waals surface area contributed by atoms with Crippen LogP contribution >= 0.6 is 0 Å². The lowest BCUT2D eigenvalue weighted by Gasteiger charge is -2.33. The Morgan fingerprint density at radius 3 is 2.47 bits per heavy atom. The fourth-order valence-electron chi connectivity index (χ4n) is 1.60. The lowest BCUT2D eigenvalue weighted by atomic mass is 9.93. The standard InChI is InChI=1S/C9H16O6/c1-8(14-4)9(11,7(10)13-3)5-6(12-2)15-8/h6,11H,5H2,1-4H3/t6?,8?,9-/m0/s1. The van der Waals surface area contributed by atoms with Gasteiger partial charge in [-0.1, -0.05) is 0 Å². The quantitative estimate of drug-likeness (QED) is 0.655. The van der Waals surface area contributed by atoms with Crippen LogP contribution in [0, 0.1) is 0 Å². The van der Waals surface area contributed by atoms with E-state index in [4.69, 9.17) is 14.2 Å². The van der Waals surface area contributed by atoms with Crippen LogP contribution < -0.4 is 0 Å². The number of ether oxygens (including phenoxy) is 4. The van der Waals surface area contributed by atoms with Crippen molar-refractivity contribution in [1.29, 1.82) is 0 Å². The Hall–Kier alpha value is -0.690. The summed E-state index contributed by atoms with van der Waals surface area (Å²) in [6.45, 7) is 1.46. The average molecular weight is 220 g/mol. The van der Waals surface area contributed by atoms with Crippen molar-refractivity contribution in [3.63, 3.8) is 0 Å². The van der Waals surface area contributed by atoms with Crippen LogP contribution in [0.5, 0.6) is 0 Å². The second-order valence-electron chi connectivity index (χ2n) is 3.49. The maximum Gasteiger partial charge on any atom is 0.343 e. The number of hydrogen-bond donors (Lipinski definition) is 1. The number of methoxy groups -OCH3 is 3. The first kappa shape index (κ1) is 12.4. The molecule has 1 heterocycles. The third-order valence-electron chi connectivity index (χ3n) is 2.75. The summed E-state index contributed by atoms with van der Waals surface area (Å²) >= 11 is 0. The molecule has 15 heavy (non-hydrogen) atoms. The molecule has 0 aromatic carbocycles. The fraction of sp³-hybridized carbons (Fsp3) is 0.889. The van der Waals surface area contributed by atoms with Gasteiger partial charge < -0.3 is 24.1 Å². The van der Waals surface area contributed by atoms with Crippen LogP contribution in [0.25, 0.3) is 0 Å². The lowest BCUT2D eigenvalue weighted by Crippen LogP contribution is -2.56. The van der Waals surface area contributed by atoms with Crippen molar-refractivity contribution in [1.82, 2.24) is 0 Å². The molecule has 0 aromatic rings. The monoisotopic (exact) mass is 220 g/mol. The predicted molar refractivity (Wildman–Crippen MR) is 48.9 cm³/mol. The molecule has 1 rings (SSSR count). The van der Waals surface area contributed by atoms with Gasteiger partial charge in [-0.25, -0.2) is 4.79 Å². The molecule has 6 heteroatoms. The third kappa shape index (κ3) is 1.74. The minimum Gasteiger partial charge on any atom is -0.467 e. The third-order valence-corrected chi connectivity index (χ3v) is 2.75. The normalized spacial score (nSPS) is 40.5. The molecule has 0 spiro atoms. The zero-order valence-electron chi connectivity index (χ0n) is 9.27. The zero-order chi connectivity index (χ0) is 11.7. The lowest BCUT2D eigenvalue weighted by molar-refractivity contribution is -0.287. The summed E-state index contributed by atoms with van der Waals surface area (Å²) in [4.78, 5) is 11.5. The molecule has 0 saturated carbocycles.